The Morgan fingerprint density at radius 1 is 1.30 bits per heavy atom. The number of methoxy groups -OCH3 is 1. The predicted molar refractivity (Wildman–Crippen MR) is 106 cm³/mol. The Morgan fingerprint density at radius 2 is 2.11 bits per heavy atom. The van der Waals surface area contributed by atoms with Crippen molar-refractivity contribution in [3.8, 4) is 17.0 Å². The van der Waals surface area contributed by atoms with Gasteiger partial charge in [0.05, 0.1) is 30.7 Å². The number of nitrogens with zero attached hydrogens (tertiary/aromatic N) is 4. The summed E-state index contributed by atoms with van der Waals surface area (Å²) in [6.07, 6.45) is 4.35. The Hall–Kier alpha value is -3.35. The van der Waals surface area contributed by atoms with E-state index in [4.69, 9.17) is 4.74 Å². The lowest BCUT2D eigenvalue weighted by molar-refractivity contribution is 0.419. The number of ether oxygens (including phenoxy) is 1. The molecule has 0 aliphatic heterocycles. The van der Waals surface area contributed by atoms with E-state index in [1.165, 1.54) is 18.6 Å². The average molecular weight is 365 g/mol. The largest absolute Gasteiger partial charge is 0.494 e. The van der Waals surface area contributed by atoms with Crippen molar-refractivity contribution in [3.05, 3.63) is 54.9 Å². The highest BCUT2D eigenvalue weighted by molar-refractivity contribution is 5.96. The summed E-state index contributed by atoms with van der Waals surface area (Å²) in [5.41, 5.74) is 2.75. The molecule has 0 aliphatic carbocycles. The summed E-state index contributed by atoms with van der Waals surface area (Å²) in [6, 6.07) is 6.59. The van der Waals surface area contributed by atoms with Gasteiger partial charge in [0.15, 0.2) is 0 Å². The van der Waals surface area contributed by atoms with Gasteiger partial charge in [-0.1, -0.05) is 6.58 Å². The Kier molecular flexibility index (Phi) is 5.40. The predicted octanol–water partition coefficient (Wildman–Crippen LogP) is 4.24. The highest BCUT2D eigenvalue weighted by Gasteiger charge is 2.15. The maximum Gasteiger partial charge on any atom is 0.145 e. The Morgan fingerprint density at radius 3 is 2.78 bits per heavy atom. The van der Waals surface area contributed by atoms with Crippen LogP contribution in [0.15, 0.2) is 54.1 Å². The minimum Gasteiger partial charge on any atom is -0.494 e. The molecule has 1 unspecified atom stereocenters. The molecule has 7 heteroatoms. The van der Waals surface area contributed by atoms with Gasteiger partial charge >= 0.3 is 0 Å². The van der Waals surface area contributed by atoms with Crippen molar-refractivity contribution < 1.29 is 9.13 Å². The van der Waals surface area contributed by atoms with Crippen LogP contribution < -0.4 is 10.1 Å². The number of aromatic nitrogens is 3. The van der Waals surface area contributed by atoms with Crippen LogP contribution in [0.5, 0.6) is 5.75 Å². The molecule has 0 radical (unpaired) electrons. The molecule has 2 heterocycles. The van der Waals surface area contributed by atoms with Crippen LogP contribution in [0.2, 0.25) is 0 Å². The van der Waals surface area contributed by atoms with E-state index in [0.717, 1.165) is 10.9 Å². The number of rotatable bonds is 6. The molecule has 0 saturated carbocycles. The van der Waals surface area contributed by atoms with Crippen molar-refractivity contribution in [1.82, 2.24) is 15.0 Å². The normalized spacial score (nSPS) is 12.3. The van der Waals surface area contributed by atoms with Crippen LogP contribution in [0.3, 0.4) is 0 Å². The van der Waals surface area contributed by atoms with Gasteiger partial charge < -0.3 is 10.1 Å². The molecule has 3 rings (SSSR count). The van der Waals surface area contributed by atoms with Gasteiger partial charge in [-0.2, -0.15) is 0 Å². The summed E-state index contributed by atoms with van der Waals surface area (Å²) >= 11 is 0. The molecule has 1 atom stereocenters. The molecule has 0 spiro atoms. The van der Waals surface area contributed by atoms with Gasteiger partial charge in [-0.05, 0) is 38.1 Å². The first-order valence-corrected chi connectivity index (χ1v) is 8.42. The summed E-state index contributed by atoms with van der Waals surface area (Å²) in [5, 5.41) is 4.07. The molecule has 138 valence electrons. The molecule has 6 nitrogen and oxygen atoms in total. The number of halogens is 1. The average Bonchev–Trinajstić information content (AvgIpc) is 2.68. The topological polar surface area (TPSA) is 72.3 Å². The van der Waals surface area contributed by atoms with Gasteiger partial charge in [0.25, 0.3) is 0 Å². The molecule has 0 bridgehead atoms. The zero-order valence-electron chi connectivity index (χ0n) is 15.4. The number of pyridine rings is 1. The zero-order valence-corrected chi connectivity index (χ0v) is 15.4. The van der Waals surface area contributed by atoms with Crippen molar-refractivity contribution in [2.24, 2.45) is 4.99 Å². The van der Waals surface area contributed by atoms with E-state index >= 15 is 0 Å². The van der Waals surface area contributed by atoms with Crippen molar-refractivity contribution in [3.63, 3.8) is 0 Å². The standard InChI is InChI=1S/C20H20FN5O/c1-5-22-12(2)13(3)26-20-16-8-14(17-7-6-15(21)10-23-17)9-18(27-4)19(16)24-11-25-20/h5-11,13H,2H2,1,3-4H3,(H,24,25,26). The summed E-state index contributed by atoms with van der Waals surface area (Å²) in [7, 11) is 1.58. The fraction of sp³-hybridized carbons (Fsp3) is 0.200. The summed E-state index contributed by atoms with van der Waals surface area (Å²) < 4.78 is 18.7. The second kappa shape index (κ2) is 7.90. The van der Waals surface area contributed by atoms with Crippen LogP contribution in [0.4, 0.5) is 10.2 Å². The first-order chi connectivity index (χ1) is 13.0. The first-order valence-electron chi connectivity index (χ1n) is 8.42. The fourth-order valence-electron chi connectivity index (χ4n) is 2.67. The lowest BCUT2D eigenvalue weighted by Crippen LogP contribution is -2.17. The lowest BCUT2D eigenvalue weighted by atomic mass is 10.1. The van der Waals surface area contributed by atoms with E-state index in [-0.39, 0.29) is 11.9 Å². The summed E-state index contributed by atoms with van der Waals surface area (Å²) in [5.74, 6) is 0.820. The second-order valence-corrected chi connectivity index (χ2v) is 5.90. The second-order valence-electron chi connectivity index (χ2n) is 5.90. The van der Waals surface area contributed by atoms with Gasteiger partial charge in [0, 0.05) is 17.2 Å². The van der Waals surface area contributed by atoms with Crippen LogP contribution in [-0.2, 0) is 0 Å². The van der Waals surface area contributed by atoms with Crippen LogP contribution in [0, 0.1) is 5.82 Å². The van der Waals surface area contributed by atoms with E-state index < -0.39 is 0 Å². The smallest absolute Gasteiger partial charge is 0.145 e. The molecule has 1 aromatic carbocycles. The third-order valence-corrected chi connectivity index (χ3v) is 4.09. The summed E-state index contributed by atoms with van der Waals surface area (Å²) in [4.78, 5) is 17.1. The van der Waals surface area contributed by atoms with Crippen molar-refractivity contribution in [2.45, 2.75) is 19.9 Å². The van der Waals surface area contributed by atoms with E-state index in [1.54, 1.807) is 19.4 Å². The maximum atomic E-state index is 13.2. The molecule has 0 fully saturated rings. The molecule has 0 aliphatic rings. The quantitative estimate of drug-likeness (QED) is 0.661. The van der Waals surface area contributed by atoms with Crippen LogP contribution >= 0.6 is 0 Å². The lowest BCUT2D eigenvalue weighted by Gasteiger charge is -2.17. The molecule has 0 saturated heterocycles. The number of hydrogen-bond acceptors (Lipinski definition) is 6. The SMILES string of the molecule is C=C(N=CC)C(C)Nc1ncnc2c(OC)cc(-c3ccc(F)cn3)cc12. The van der Waals surface area contributed by atoms with Gasteiger partial charge in [-0.15, -0.1) is 0 Å². The van der Waals surface area contributed by atoms with Crippen LogP contribution in [-0.4, -0.2) is 34.3 Å². The Labute approximate surface area is 156 Å². The van der Waals surface area contributed by atoms with Crippen LogP contribution in [0.25, 0.3) is 22.2 Å². The number of nitrogens with one attached hydrogen (secondary N) is 1. The number of aliphatic imine (C=N–C) groups is 1. The third kappa shape index (κ3) is 3.92. The van der Waals surface area contributed by atoms with E-state index in [0.29, 0.717) is 28.5 Å². The van der Waals surface area contributed by atoms with E-state index in [9.17, 15) is 4.39 Å². The Bertz CT molecular complexity index is 1000. The maximum absolute atomic E-state index is 13.2. The Balaban J connectivity index is 2.11. The summed E-state index contributed by atoms with van der Waals surface area (Å²) in [6.45, 7) is 7.74. The van der Waals surface area contributed by atoms with Crippen molar-refractivity contribution >= 4 is 22.9 Å². The van der Waals surface area contributed by atoms with Crippen molar-refractivity contribution in [1.29, 1.82) is 0 Å². The van der Waals surface area contributed by atoms with Gasteiger partial charge in [0.2, 0.25) is 0 Å². The monoisotopic (exact) mass is 365 g/mol. The molecular formula is C20H20FN5O. The first kappa shape index (κ1) is 18.4. The molecule has 27 heavy (non-hydrogen) atoms. The van der Waals surface area contributed by atoms with Crippen LogP contribution in [0.1, 0.15) is 13.8 Å². The fourth-order valence-corrected chi connectivity index (χ4v) is 2.67. The zero-order chi connectivity index (χ0) is 19.4. The molecule has 1 N–H and O–H groups in total. The molecule has 3 aromatic rings. The van der Waals surface area contributed by atoms with Crippen molar-refractivity contribution in [2.75, 3.05) is 12.4 Å². The highest BCUT2D eigenvalue weighted by atomic mass is 19.1. The molecule has 0 amide bonds. The van der Waals surface area contributed by atoms with E-state index in [1.807, 2.05) is 26.0 Å². The van der Waals surface area contributed by atoms with Gasteiger partial charge in [0.1, 0.15) is 29.2 Å². The van der Waals surface area contributed by atoms with Gasteiger partial charge in [-0.25, -0.2) is 14.4 Å². The number of anilines is 1. The number of benzene rings is 1. The molecular weight excluding hydrogens is 345 g/mol. The number of fused-ring (bicyclic) bond motifs is 1. The van der Waals surface area contributed by atoms with E-state index in [2.05, 4.69) is 31.8 Å². The minimum atomic E-state index is -0.388. The van der Waals surface area contributed by atoms with Gasteiger partial charge in [-0.3, -0.25) is 9.98 Å². The minimum absolute atomic E-state index is 0.127. The highest BCUT2D eigenvalue weighted by Crippen LogP contribution is 2.33. The molecule has 2 aromatic heterocycles. The third-order valence-electron chi connectivity index (χ3n) is 4.09. The number of hydrogen-bond donors (Lipinski definition) is 1.